The molecule has 5 nitrogen and oxygen atoms in total. The van der Waals surface area contributed by atoms with Gasteiger partial charge in [0.1, 0.15) is 17.3 Å². The van der Waals surface area contributed by atoms with E-state index < -0.39 is 0 Å². The highest BCUT2D eigenvalue weighted by Crippen LogP contribution is 2.18. The van der Waals surface area contributed by atoms with Gasteiger partial charge in [-0.2, -0.15) is 5.10 Å². The number of aryl methyl sites for hydroxylation is 1. The van der Waals surface area contributed by atoms with E-state index in [1.54, 1.807) is 29.1 Å². The van der Waals surface area contributed by atoms with Gasteiger partial charge in [-0.15, -0.1) is 0 Å². The molecule has 0 saturated carbocycles. The predicted octanol–water partition coefficient (Wildman–Crippen LogP) is 2.67. The standard InChI is InChI=1S/C16H16FN5/c1-2-12-9-14(16-19-8-7-15(18)20-16)21-22(12)10-11-5-3-4-6-13(11)17/h3-9H,2,10H2,1H3,(H2,18,19,20). The molecule has 3 aromatic rings. The number of anilines is 1. The van der Waals surface area contributed by atoms with Crippen molar-refractivity contribution in [1.29, 1.82) is 0 Å². The van der Waals surface area contributed by atoms with Gasteiger partial charge in [-0.3, -0.25) is 4.68 Å². The second-order valence-electron chi connectivity index (χ2n) is 4.93. The highest BCUT2D eigenvalue weighted by molar-refractivity contribution is 5.51. The van der Waals surface area contributed by atoms with E-state index in [9.17, 15) is 4.39 Å². The third-order valence-corrected chi connectivity index (χ3v) is 3.41. The minimum absolute atomic E-state index is 0.234. The summed E-state index contributed by atoms with van der Waals surface area (Å²) in [5.74, 6) is 0.635. The lowest BCUT2D eigenvalue weighted by atomic mass is 10.2. The number of hydrogen-bond donors (Lipinski definition) is 1. The van der Waals surface area contributed by atoms with Gasteiger partial charge in [0.15, 0.2) is 5.82 Å². The maximum atomic E-state index is 13.8. The van der Waals surface area contributed by atoms with Gasteiger partial charge < -0.3 is 5.73 Å². The number of rotatable bonds is 4. The Balaban J connectivity index is 1.97. The van der Waals surface area contributed by atoms with Gasteiger partial charge in [0.25, 0.3) is 0 Å². The fourth-order valence-electron chi connectivity index (χ4n) is 2.27. The number of nitrogens with two attached hydrogens (primary N) is 1. The van der Waals surface area contributed by atoms with E-state index >= 15 is 0 Å². The molecule has 0 saturated heterocycles. The SMILES string of the molecule is CCc1cc(-c2nccc(N)n2)nn1Cc1ccccc1F. The monoisotopic (exact) mass is 297 g/mol. The second kappa shape index (κ2) is 5.93. The van der Waals surface area contributed by atoms with Gasteiger partial charge >= 0.3 is 0 Å². The quantitative estimate of drug-likeness (QED) is 0.803. The summed E-state index contributed by atoms with van der Waals surface area (Å²) >= 11 is 0. The van der Waals surface area contributed by atoms with E-state index in [1.807, 2.05) is 19.1 Å². The van der Waals surface area contributed by atoms with E-state index in [1.165, 1.54) is 6.07 Å². The summed E-state index contributed by atoms with van der Waals surface area (Å²) in [4.78, 5) is 8.36. The lowest BCUT2D eigenvalue weighted by Crippen LogP contribution is -2.07. The molecular weight excluding hydrogens is 281 g/mol. The van der Waals surface area contributed by atoms with Crippen LogP contribution in [0.2, 0.25) is 0 Å². The van der Waals surface area contributed by atoms with E-state index in [4.69, 9.17) is 5.73 Å². The van der Waals surface area contributed by atoms with Crippen molar-refractivity contribution < 1.29 is 4.39 Å². The third-order valence-electron chi connectivity index (χ3n) is 3.41. The van der Waals surface area contributed by atoms with Crippen LogP contribution in [0.15, 0.2) is 42.6 Å². The van der Waals surface area contributed by atoms with Crippen molar-refractivity contribution in [2.75, 3.05) is 5.73 Å². The number of halogens is 1. The number of nitrogen functional groups attached to an aromatic ring is 1. The summed E-state index contributed by atoms with van der Waals surface area (Å²) in [6.45, 7) is 2.40. The van der Waals surface area contributed by atoms with Crippen LogP contribution in [-0.4, -0.2) is 19.7 Å². The first kappa shape index (κ1) is 14.2. The molecular formula is C16H16FN5. The van der Waals surface area contributed by atoms with Crippen LogP contribution in [-0.2, 0) is 13.0 Å². The molecule has 0 aliphatic carbocycles. The van der Waals surface area contributed by atoms with Crippen LogP contribution in [0, 0.1) is 5.82 Å². The predicted molar refractivity (Wildman–Crippen MR) is 82.5 cm³/mol. The summed E-state index contributed by atoms with van der Waals surface area (Å²) in [6.07, 6.45) is 2.38. The van der Waals surface area contributed by atoms with Gasteiger partial charge in [-0.05, 0) is 24.6 Å². The highest BCUT2D eigenvalue weighted by atomic mass is 19.1. The smallest absolute Gasteiger partial charge is 0.182 e. The molecule has 0 fully saturated rings. The molecule has 3 rings (SSSR count). The summed E-state index contributed by atoms with van der Waals surface area (Å²) in [6, 6.07) is 10.2. The van der Waals surface area contributed by atoms with E-state index in [-0.39, 0.29) is 5.82 Å². The zero-order valence-corrected chi connectivity index (χ0v) is 12.2. The van der Waals surface area contributed by atoms with Gasteiger partial charge in [0.05, 0.1) is 6.54 Å². The zero-order chi connectivity index (χ0) is 15.5. The minimum Gasteiger partial charge on any atom is -0.384 e. The van der Waals surface area contributed by atoms with Crippen molar-refractivity contribution in [2.45, 2.75) is 19.9 Å². The molecule has 22 heavy (non-hydrogen) atoms. The van der Waals surface area contributed by atoms with Crippen molar-refractivity contribution in [1.82, 2.24) is 19.7 Å². The highest BCUT2D eigenvalue weighted by Gasteiger charge is 2.12. The molecule has 0 amide bonds. The molecule has 0 unspecified atom stereocenters. The lowest BCUT2D eigenvalue weighted by molar-refractivity contribution is 0.577. The maximum Gasteiger partial charge on any atom is 0.182 e. The fourth-order valence-corrected chi connectivity index (χ4v) is 2.27. The molecule has 0 atom stereocenters. The molecule has 1 aromatic carbocycles. The van der Waals surface area contributed by atoms with Crippen molar-refractivity contribution in [3.05, 3.63) is 59.7 Å². The van der Waals surface area contributed by atoms with Crippen molar-refractivity contribution in [3.63, 3.8) is 0 Å². The number of aromatic nitrogens is 4. The van der Waals surface area contributed by atoms with Gasteiger partial charge in [-0.25, -0.2) is 14.4 Å². The maximum absolute atomic E-state index is 13.8. The molecule has 0 aliphatic heterocycles. The molecule has 112 valence electrons. The largest absolute Gasteiger partial charge is 0.384 e. The lowest BCUT2D eigenvalue weighted by Gasteiger charge is -2.06. The molecule has 6 heteroatoms. The van der Waals surface area contributed by atoms with Crippen LogP contribution in [0.1, 0.15) is 18.2 Å². The minimum atomic E-state index is -0.234. The van der Waals surface area contributed by atoms with Gasteiger partial charge in [-0.1, -0.05) is 25.1 Å². The topological polar surface area (TPSA) is 69.6 Å². The van der Waals surface area contributed by atoms with Crippen LogP contribution in [0.3, 0.4) is 0 Å². The Bertz CT molecular complexity index is 797. The first-order chi connectivity index (χ1) is 10.7. The van der Waals surface area contributed by atoms with Crippen LogP contribution in [0.4, 0.5) is 10.2 Å². The van der Waals surface area contributed by atoms with Crippen LogP contribution < -0.4 is 5.73 Å². The Hall–Kier alpha value is -2.76. The average molecular weight is 297 g/mol. The average Bonchev–Trinajstić information content (AvgIpc) is 2.93. The normalized spacial score (nSPS) is 10.8. The van der Waals surface area contributed by atoms with Crippen LogP contribution >= 0.6 is 0 Å². The summed E-state index contributed by atoms with van der Waals surface area (Å²) in [5.41, 5.74) is 7.91. The fraction of sp³-hybridized carbons (Fsp3) is 0.188. The zero-order valence-electron chi connectivity index (χ0n) is 12.2. The summed E-state index contributed by atoms with van der Waals surface area (Å²) in [7, 11) is 0. The molecule has 0 radical (unpaired) electrons. The molecule has 2 heterocycles. The Morgan fingerprint density at radius 1 is 1.23 bits per heavy atom. The van der Waals surface area contributed by atoms with E-state index in [0.29, 0.717) is 29.4 Å². The second-order valence-corrected chi connectivity index (χ2v) is 4.93. The Labute approximate surface area is 127 Å². The Kier molecular flexibility index (Phi) is 3.82. The molecule has 0 bridgehead atoms. The van der Waals surface area contributed by atoms with E-state index in [0.717, 1.165) is 12.1 Å². The van der Waals surface area contributed by atoms with Gasteiger partial charge in [0, 0.05) is 17.5 Å². The number of hydrogen-bond acceptors (Lipinski definition) is 4. The van der Waals surface area contributed by atoms with Crippen molar-refractivity contribution in [2.24, 2.45) is 0 Å². The molecule has 0 aliphatic rings. The van der Waals surface area contributed by atoms with Gasteiger partial charge in [0.2, 0.25) is 0 Å². The Morgan fingerprint density at radius 2 is 2.05 bits per heavy atom. The first-order valence-electron chi connectivity index (χ1n) is 7.06. The van der Waals surface area contributed by atoms with Crippen LogP contribution in [0.5, 0.6) is 0 Å². The summed E-state index contributed by atoms with van der Waals surface area (Å²) in [5, 5.41) is 4.50. The van der Waals surface area contributed by atoms with Crippen LogP contribution in [0.25, 0.3) is 11.5 Å². The number of benzene rings is 1. The summed E-state index contributed by atoms with van der Waals surface area (Å²) < 4.78 is 15.6. The Morgan fingerprint density at radius 3 is 2.77 bits per heavy atom. The van der Waals surface area contributed by atoms with Crippen molar-refractivity contribution in [3.8, 4) is 11.5 Å². The van der Waals surface area contributed by atoms with Crippen molar-refractivity contribution >= 4 is 5.82 Å². The molecule has 2 aromatic heterocycles. The van der Waals surface area contributed by atoms with E-state index in [2.05, 4.69) is 15.1 Å². The molecule has 2 N–H and O–H groups in total. The number of nitrogens with zero attached hydrogens (tertiary/aromatic N) is 4. The first-order valence-corrected chi connectivity index (χ1v) is 7.06. The molecule has 0 spiro atoms. The third kappa shape index (κ3) is 2.81.